The molecule has 2 aromatic carbocycles. The second-order valence-corrected chi connectivity index (χ2v) is 6.26. The van der Waals surface area contributed by atoms with Gasteiger partial charge in [-0.05, 0) is 29.8 Å². The Hall–Kier alpha value is -2.05. The maximum atomic E-state index is 12.2. The molecule has 0 radical (unpaired) electrons. The van der Waals surface area contributed by atoms with Crippen molar-refractivity contribution >= 4 is 40.6 Å². The van der Waals surface area contributed by atoms with E-state index in [4.69, 9.17) is 11.6 Å². The van der Waals surface area contributed by atoms with Crippen LogP contribution in [0.5, 0.6) is 0 Å². The lowest BCUT2D eigenvalue weighted by atomic mass is 10.1. The maximum Gasteiger partial charge on any atom is 0.269 e. The Kier molecular flexibility index (Phi) is 4.04. The van der Waals surface area contributed by atoms with Crippen LogP contribution in [0.15, 0.2) is 48.5 Å². The molecule has 1 amide bonds. The number of non-ortho nitro benzene ring substituents is 1. The zero-order chi connectivity index (χ0) is 15.7. The zero-order valence-electron chi connectivity index (χ0n) is 11.3. The van der Waals surface area contributed by atoms with Gasteiger partial charge in [0.25, 0.3) is 5.69 Å². The van der Waals surface area contributed by atoms with Crippen LogP contribution in [-0.4, -0.2) is 16.6 Å². The summed E-state index contributed by atoms with van der Waals surface area (Å²) in [7, 11) is 0. The minimum atomic E-state index is -0.433. The molecule has 1 saturated heterocycles. The molecule has 1 aliphatic heterocycles. The smallest absolute Gasteiger partial charge is 0.269 e. The third kappa shape index (κ3) is 2.80. The monoisotopic (exact) mass is 334 g/mol. The summed E-state index contributed by atoms with van der Waals surface area (Å²) < 4.78 is 0. The van der Waals surface area contributed by atoms with Crippen LogP contribution in [-0.2, 0) is 4.79 Å². The minimum Gasteiger partial charge on any atom is -0.295 e. The SMILES string of the molecule is O=C1CS[C@@H](c2cccc([N+](=O)[O-])c2)N1c1ccc(Cl)cc1. The van der Waals surface area contributed by atoms with Crippen LogP contribution < -0.4 is 4.90 Å². The van der Waals surface area contributed by atoms with Crippen LogP contribution in [0.4, 0.5) is 11.4 Å². The van der Waals surface area contributed by atoms with Crippen LogP contribution in [0.2, 0.25) is 5.02 Å². The number of amides is 1. The van der Waals surface area contributed by atoms with Gasteiger partial charge in [0.2, 0.25) is 5.91 Å². The third-order valence-electron chi connectivity index (χ3n) is 3.34. The third-order valence-corrected chi connectivity index (χ3v) is 4.80. The van der Waals surface area contributed by atoms with Gasteiger partial charge in [-0.2, -0.15) is 0 Å². The van der Waals surface area contributed by atoms with Crippen LogP contribution in [0, 0.1) is 10.1 Å². The van der Waals surface area contributed by atoms with Crippen LogP contribution in [0.1, 0.15) is 10.9 Å². The van der Waals surface area contributed by atoms with E-state index in [1.54, 1.807) is 41.3 Å². The Balaban J connectivity index is 1.98. The summed E-state index contributed by atoms with van der Waals surface area (Å²) >= 11 is 7.33. The fourth-order valence-corrected chi connectivity index (χ4v) is 3.64. The number of nitro benzene ring substituents is 1. The largest absolute Gasteiger partial charge is 0.295 e. The lowest BCUT2D eigenvalue weighted by Crippen LogP contribution is -2.27. The Morgan fingerprint density at radius 2 is 1.95 bits per heavy atom. The summed E-state index contributed by atoms with van der Waals surface area (Å²) in [6, 6.07) is 13.4. The molecule has 7 heteroatoms. The average molecular weight is 335 g/mol. The molecular formula is C15H11ClN2O3S. The van der Waals surface area contributed by atoms with Gasteiger partial charge in [0, 0.05) is 22.8 Å². The van der Waals surface area contributed by atoms with Gasteiger partial charge >= 0.3 is 0 Å². The van der Waals surface area contributed by atoms with Crippen LogP contribution in [0.3, 0.4) is 0 Å². The second-order valence-electron chi connectivity index (χ2n) is 4.76. The molecule has 0 saturated carbocycles. The van der Waals surface area contributed by atoms with Gasteiger partial charge in [-0.3, -0.25) is 19.8 Å². The van der Waals surface area contributed by atoms with Crippen LogP contribution >= 0.6 is 23.4 Å². The molecule has 22 heavy (non-hydrogen) atoms. The molecule has 0 aliphatic carbocycles. The summed E-state index contributed by atoms with van der Waals surface area (Å²) in [4.78, 5) is 24.3. The Bertz CT molecular complexity index is 736. The predicted octanol–water partition coefficient (Wildman–Crippen LogP) is 4.03. The van der Waals surface area contributed by atoms with Crippen molar-refractivity contribution in [2.75, 3.05) is 10.7 Å². The number of hydrogen-bond acceptors (Lipinski definition) is 4. The number of hydrogen-bond donors (Lipinski definition) is 0. The van der Waals surface area contributed by atoms with E-state index in [1.807, 2.05) is 0 Å². The minimum absolute atomic E-state index is 0.0218. The highest BCUT2D eigenvalue weighted by Crippen LogP contribution is 2.42. The van der Waals surface area contributed by atoms with Crippen LogP contribution in [0.25, 0.3) is 0 Å². The van der Waals surface area contributed by atoms with Crippen molar-refractivity contribution in [2.24, 2.45) is 0 Å². The zero-order valence-corrected chi connectivity index (χ0v) is 12.9. The van der Waals surface area contributed by atoms with Gasteiger partial charge in [-0.25, -0.2) is 0 Å². The molecule has 3 rings (SSSR count). The fourth-order valence-electron chi connectivity index (χ4n) is 2.34. The van der Waals surface area contributed by atoms with Crippen molar-refractivity contribution < 1.29 is 9.72 Å². The number of halogens is 1. The van der Waals surface area contributed by atoms with E-state index in [-0.39, 0.29) is 17.0 Å². The molecule has 2 aromatic rings. The van der Waals surface area contributed by atoms with Crippen molar-refractivity contribution in [3.8, 4) is 0 Å². The molecule has 0 aromatic heterocycles. The van der Waals surface area contributed by atoms with Gasteiger partial charge in [-0.15, -0.1) is 11.8 Å². The van der Waals surface area contributed by atoms with E-state index < -0.39 is 4.92 Å². The summed E-state index contributed by atoms with van der Waals surface area (Å²) in [5.41, 5.74) is 1.49. The molecule has 0 N–H and O–H groups in total. The molecule has 112 valence electrons. The highest BCUT2D eigenvalue weighted by Gasteiger charge is 2.34. The number of carbonyl (C=O) groups excluding carboxylic acids is 1. The highest BCUT2D eigenvalue weighted by molar-refractivity contribution is 8.00. The Labute approximate surface area is 136 Å². The molecule has 0 spiro atoms. The second kappa shape index (κ2) is 5.98. The highest BCUT2D eigenvalue weighted by atomic mass is 35.5. The molecule has 1 fully saturated rings. The molecule has 1 heterocycles. The summed E-state index contributed by atoms with van der Waals surface area (Å²) in [5, 5.41) is 11.2. The Morgan fingerprint density at radius 1 is 1.23 bits per heavy atom. The van der Waals surface area contributed by atoms with Gasteiger partial charge in [0.05, 0.1) is 10.7 Å². The first-order chi connectivity index (χ1) is 10.6. The first-order valence-electron chi connectivity index (χ1n) is 6.50. The standard InChI is InChI=1S/C15H11ClN2O3S/c16-11-4-6-12(7-5-11)17-14(19)9-22-15(17)10-2-1-3-13(8-10)18(20)21/h1-8,15H,9H2/t15-/m0/s1. The number of rotatable bonds is 3. The van der Waals surface area contributed by atoms with Gasteiger partial charge in [-0.1, -0.05) is 23.7 Å². The van der Waals surface area contributed by atoms with Crippen molar-refractivity contribution in [3.05, 3.63) is 69.2 Å². The summed E-state index contributed by atoms with van der Waals surface area (Å²) in [6.45, 7) is 0. The van der Waals surface area contributed by atoms with E-state index in [2.05, 4.69) is 0 Å². The van der Waals surface area contributed by atoms with Gasteiger partial charge in [0.15, 0.2) is 0 Å². The molecule has 1 aliphatic rings. The average Bonchev–Trinajstić information content (AvgIpc) is 2.90. The maximum absolute atomic E-state index is 12.2. The van der Waals surface area contributed by atoms with Crippen molar-refractivity contribution in [3.63, 3.8) is 0 Å². The van der Waals surface area contributed by atoms with E-state index >= 15 is 0 Å². The number of carbonyl (C=O) groups is 1. The Morgan fingerprint density at radius 3 is 2.64 bits per heavy atom. The lowest BCUT2D eigenvalue weighted by molar-refractivity contribution is -0.384. The van der Waals surface area contributed by atoms with E-state index in [1.165, 1.54) is 23.9 Å². The number of nitro groups is 1. The molecule has 1 atom stereocenters. The molecule has 0 unspecified atom stereocenters. The lowest BCUT2D eigenvalue weighted by Gasteiger charge is -2.24. The van der Waals surface area contributed by atoms with E-state index in [0.717, 1.165) is 11.3 Å². The normalized spacial score (nSPS) is 17.8. The first kappa shape index (κ1) is 14.9. The predicted molar refractivity (Wildman–Crippen MR) is 87.2 cm³/mol. The summed E-state index contributed by atoms with van der Waals surface area (Å²) in [5.74, 6) is 0.319. The summed E-state index contributed by atoms with van der Waals surface area (Å²) in [6.07, 6.45) is 0. The van der Waals surface area contributed by atoms with E-state index in [9.17, 15) is 14.9 Å². The number of thioether (sulfide) groups is 1. The fraction of sp³-hybridized carbons (Fsp3) is 0.133. The van der Waals surface area contributed by atoms with Gasteiger partial charge in [0.1, 0.15) is 5.37 Å². The topological polar surface area (TPSA) is 63.4 Å². The van der Waals surface area contributed by atoms with Crippen molar-refractivity contribution in [2.45, 2.75) is 5.37 Å². The first-order valence-corrected chi connectivity index (χ1v) is 7.92. The molecule has 5 nitrogen and oxygen atoms in total. The molecular weight excluding hydrogens is 324 g/mol. The number of nitrogens with zero attached hydrogens (tertiary/aromatic N) is 2. The quantitative estimate of drug-likeness (QED) is 0.628. The van der Waals surface area contributed by atoms with Crippen molar-refractivity contribution in [1.82, 2.24) is 0 Å². The molecule has 0 bridgehead atoms. The number of benzene rings is 2. The van der Waals surface area contributed by atoms with Gasteiger partial charge < -0.3 is 0 Å². The van der Waals surface area contributed by atoms with E-state index in [0.29, 0.717) is 10.8 Å². The van der Waals surface area contributed by atoms with Crippen molar-refractivity contribution in [1.29, 1.82) is 0 Å². The number of anilines is 1.